The van der Waals surface area contributed by atoms with Gasteiger partial charge in [-0.3, -0.25) is 0 Å². The van der Waals surface area contributed by atoms with Crippen molar-refractivity contribution < 1.29 is 38.0 Å². The third kappa shape index (κ3) is 2.53. The summed E-state index contributed by atoms with van der Waals surface area (Å²) in [5.41, 5.74) is -1.23. The Morgan fingerprint density at radius 2 is 2.15 bits per heavy atom. The SMILES string of the molecule is OC[C@@]12CO[C@@H](O1)[C@H](Nc1nc(C(F)(F)F)nn3cccc13)[C@@H](O)[C@H]2O. The van der Waals surface area contributed by atoms with Crippen LogP contribution in [0.2, 0.25) is 0 Å². The van der Waals surface area contributed by atoms with Crippen LogP contribution >= 0.6 is 0 Å². The molecule has 4 N–H and O–H groups in total. The van der Waals surface area contributed by atoms with Crippen LogP contribution in [0, 0.1) is 0 Å². The van der Waals surface area contributed by atoms with Gasteiger partial charge in [-0.05, 0) is 12.1 Å². The summed E-state index contributed by atoms with van der Waals surface area (Å²) < 4.78 is 50.9. The lowest BCUT2D eigenvalue weighted by Gasteiger charge is -2.42. The Morgan fingerprint density at radius 3 is 2.85 bits per heavy atom. The second-order valence-corrected chi connectivity index (χ2v) is 6.25. The van der Waals surface area contributed by atoms with Crippen molar-refractivity contribution in [3.05, 3.63) is 24.2 Å². The van der Waals surface area contributed by atoms with E-state index in [1.165, 1.54) is 18.3 Å². The van der Waals surface area contributed by atoms with Crippen molar-refractivity contribution in [3.8, 4) is 0 Å². The van der Waals surface area contributed by atoms with Crippen LogP contribution in [0.3, 0.4) is 0 Å². The number of aliphatic hydroxyl groups excluding tert-OH is 3. The van der Waals surface area contributed by atoms with Gasteiger partial charge in [-0.15, -0.1) is 5.10 Å². The van der Waals surface area contributed by atoms with E-state index in [4.69, 9.17) is 9.47 Å². The molecule has 12 heteroatoms. The van der Waals surface area contributed by atoms with Gasteiger partial charge in [0.1, 0.15) is 29.4 Å². The fourth-order valence-corrected chi connectivity index (χ4v) is 3.17. The molecule has 0 spiro atoms. The van der Waals surface area contributed by atoms with E-state index in [0.29, 0.717) is 0 Å². The van der Waals surface area contributed by atoms with Crippen molar-refractivity contribution in [2.45, 2.75) is 36.3 Å². The predicted octanol–water partition coefficient (Wildman–Crippen LogP) is -0.632. The van der Waals surface area contributed by atoms with Crippen molar-refractivity contribution in [3.63, 3.8) is 0 Å². The van der Waals surface area contributed by atoms with Gasteiger partial charge < -0.3 is 30.1 Å². The zero-order valence-corrected chi connectivity index (χ0v) is 13.1. The quantitative estimate of drug-likeness (QED) is 0.559. The topological polar surface area (TPSA) is 121 Å². The van der Waals surface area contributed by atoms with E-state index in [2.05, 4.69) is 15.4 Å². The van der Waals surface area contributed by atoms with E-state index >= 15 is 0 Å². The third-order valence-corrected chi connectivity index (χ3v) is 4.58. The molecule has 2 aliphatic heterocycles. The Morgan fingerprint density at radius 1 is 1.38 bits per heavy atom. The molecular formula is C14H15F3N4O5. The van der Waals surface area contributed by atoms with E-state index in [1.54, 1.807) is 0 Å². The molecule has 0 amide bonds. The summed E-state index contributed by atoms with van der Waals surface area (Å²) in [4.78, 5) is 3.50. The van der Waals surface area contributed by atoms with Crippen LogP contribution in [0.5, 0.6) is 0 Å². The molecule has 2 saturated heterocycles. The Kier molecular flexibility index (Phi) is 3.86. The number of hydrogen-bond donors (Lipinski definition) is 4. The van der Waals surface area contributed by atoms with Crippen molar-refractivity contribution in [1.82, 2.24) is 14.6 Å². The number of aliphatic hydroxyl groups is 3. The monoisotopic (exact) mass is 376 g/mol. The highest BCUT2D eigenvalue weighted by Crippen LogP contribution is 2.38. The maximum atomic E-state index is 13.0. The van der Waals surface area contributed by atoms with Crippen LogP contribution in [0.4, 0.5) is 19.0 Å². The fourth-order valence-electron chi connectivity index (χ4n) is 3.17. The van der Waals surface area contributed by atoms with Gasteiger partial charge in [0, 0.05) is 6.20 Å². The van der Waals surface area contributed by atoms with Crippen LogP contribution < -0.4 is 5.32 Å². The smallest absolute Gasteiger partial charge is 0.393 e. The first-order valence-corrected chi connectivity index (χ1v) is 7.71. The molecule has 5 atom stereocenters. The molecule has 2 aromatic heterocycles. The molecule has 2 bridgehead atoms. The Bertz CT molecular complexity index is 831. The standard InChI is InChI=1S/C14H15F3N4O5/c15-14(16,17)12-19-10(6-2-1-3-21(6)20-12)18-7-8(23)9(24)13(4-22)5-25-11(7)26-13/h1-3,7-9,11,22-24H,4-5H2,(H,18,19,20)/t7-,8-,9-,11+,13+/m1/s1. The van der Waals surface area contributed by atoms with Crippen LogP contribution in [0.1, 0.15) is 5.82 Å². The molecule has 2 aliphatic rings. The molecule has 0 aliphatic carbocycles. The molecule has 0 radical (unpaired) electrons. The van der Waals surface area contributed by atoms with Crippen LogP contribution in [-0.4, -0.2) is 73.3 Å². The normalized spacial score (nSPS) is 34.4. The number of nitrogens with zero attached hydrogens (tertiary/aromatic N) is 3. The number of fused-ring (bicyclic) bond motifs is 3. The lowest BCUT2D eigenvalue weighted by atomic mass is 9.88. The summed E-state index contributed by atoms with van der Waals surface area (Å²) in [6.07, 6.45) is -7.51. The van der Waals surface area contributed by atoms with Gasteiger partial charge in [-0.1, -0.05) is 0 Å². The van der Waals surface area contributed by atoms with Gasteiger partial charge in [0.15, 0.2) is 12.1 Å². The van der Waals surface area contributed by atoms with E-state index in [9.17, 15) is 28.5 Å². The number of anilines is 1. The van der Waals surface area contributed by atoms with Crippen molar-refractivity contribution in [2.24, 2.45) is 0 Å². The van der Waals surface area contributed by atoms with Gasteiger partial charge >= 0.3 is 6.18 Å². The van der Waals surface area contributed by atoms with Gasteiger partial charge in [-0.25, -0.2) is 9.50 Å². The minimum atomic E-state index is -4.77. The van der Waals surface area contributed by atoms with Gasteiger partial charge in [0.25, 0.3) is 5.82 Å². The first-order chi connectivity index (χ1) is 12.2. The number of alkyl halides is 3. The molecule has 9 nitrogen and oxygen atoms in total. The van der Waals surface area contributed by atoms with Crippen LogP contribution in [0.25, 0.3) is 5.52 Å². The molecule has 26 heavy (non-hydrogen) atoms. The first-order valence-electron chi connectivity index (χ1n) is 7.71. The number of nitrogens with one attached hydrogen (secondary N) is 1. The predicted molar refractivity (Wildman–Crippen MR) is 78.1 cm³/mol. The van der Waals surface area contributed by atoms with Gasteiger partial charge in [0.05, 0.1) is 13.2 Å². The Balaban J connectivity index is 1.70. The molecule has 4 heterocycles. The van der Waals surface area contributed by atoms with E-state index < -0.39 is 48.7 Å². The van der Waals surface area contributed by atoms with Gasteiger partial charge in [0.2, 0.25) is 0 Å². The van der Waals surface area contributed by atoms with Crippen molar-refractivity contribution >= 4 is 11.3 Å². The highest BCUT2D eigenvalue weighted by Gasteiger charge is 2.59. The fraction of sp³-hybridized carbons (Fsp3) is 0.571. The first kappa shape index (κ1) is 17.4. The van der Waals surface area contributed by atoms with Crippen molar-refractivity contribution in [1.29, 1.82) is 0 Å². The largest absolute Gasteiger partial charge is 0.453 e. The van der Waals surface area contributed by atoms with E-state index in [-0.39, 0.29) is 17.9 Å². The number of halogens is 3. The zero-order valence-electron chi connectivity index (χ0n) is 13.1. The molecule has 4 rings (SSSR count). The molecule has 0 saturated carbocycles. The minimum absolute atomic E-state index is 0.164. The van der Waals surface area contributed by atoms with Gasteiger partial charge in [-0.2, -0.15) is 13.2 Å². The summed E-state index contributed by atoms with van der Waals surface area (Å²) in [6, 6.07) is 1.87. The summed E-state index contributed by atoms with van der Waals surface area (Å²) in [7, 11) is 0. The summed E-state index contributed by atoms with van der Waals surface area (Å²) in [5, 5.41) is 36.1. The lowest BCUT2D eigenvalue weighted by molar-refractivity contribution is -0.224. The molecule has 2 fully saturated rings. The zero-order chi connectivity index (χ0) is 18.7. The highest BCUT2D eigenvalue weighted by molar-refractivity contribution is 5.68. The summed E-state index contributed by atoms with van der Waals surface area (Å²) in [5.74, 6) is -1.57. The second-order valence-electron chi connectivity index (χ2n) is 6.25. The minimum Gasteiger partial charge on any atom is -0.393 e. The maximum absolute atomic E-state index is 13.0. The Hall–Kier alpha value is -1.99. The third-order valence-electron chi connectivity index (χ3n) is 4.58. The second kappa shape index (κ2) is 5.76. The number of ether oxygens (including phenoxy) is 2. The van der Waals surface area contributed by atoms with Crippen LogP contribution in [0.15, 0.2) is 18.3 Å². The number of aromatic nitrogens is 3. The summed E-state index contributed by atoms with van der Waals surface area (Å²) >= 11 is 0. The summed E-state index contributed by atoms with van der Waals surface area (Å²) in [6.45, 7) is -0.744. The Labute approximate surface area is 144 Å². The molecular weight excluding hydrogens is 361 g/mol. The molecule has 142 valence electrons. The molecule has 0 aromatic carbocycles. The average Bonchev–Trinajstić information content (AvgIpc) is 3.22. The highest BCUT2D eigenvalue weighted by atomic mass is 19.4. The number of hydrogen-bond acceptors (Lipinski definition) is 8. The molecule has 0 unspecified atom stereocenters. The number of rotatable bonds is 3. The molecule has 2 aromatic rings. The lowest BCUT2D eigenvalue weighted by Crippen LogP contribution is -2.64. The van der Waals surface area contributed by atoms with Crippen molar-refractivity contribution in [2.75, 3.05) is 18.5 Å². The average molecular weight is 376 g/mol. The maximum Gasteiger partial charge on any atom is 0.453 e. The van der Waals surface area contributed by atoms with Crippen LogP contribution in [-0.2, 0) is 15.7 Å². The van der Waals surface area contributed by atoms with E-state index in [0.717, 1.165) is 4.52 Å². The van der Waals surface area contributed by atoms with E-state index in [1.807, 2.05) is 0 Å².